The Bertz CT molecular complexity index is 394. The van der Waals surface area contributed by atoms with Gasteiger partial charge in [-0.15, -0.1) is 0 Å². The summed E-state index contributed by atoms with van der Waals surface area (Å²) in [5.41, 5.74) is 1.82. The van der Waals surface area contributed by atoms with Crippen LogP contribution in [-0.2, 0) is 9.53 Å². The Hall–Kier alpha value is -1.05. The summed E-state index contributed by atoms with van der Waals surface area (Å²) < 4.78 is 5.56. The first kappa shape index (κ1) is 11.1. The molecule has 0 aromatic heterocycles. The van der Waals surface area contributed by atoms with E-state index in [4.69, 9.17) is 4.74 Å². The molecular weight excluding hydrogens is 212 g/mol. The van der Waals surface area contributed by atoms with Crippen LogP contribution in [0.5, 0.6) is 0 Å². The van der Waals surface area contributed by atoms with Crippen molar-refractivity contribution in [1.82, 2.24) is 0 Å². The standard InChI is InChI=1S/C15H20O2/c1-8-4-7-12-10(3)15(16)17-14-9(2)5-6-11(8)13(12)14/h8,11-14H,2-7H2,1H3. The zero-order valence-corrected chi connectivity index (χ0v) is 10.4. The summed E-state index contributed by atoms with van der Waals surface area (Å²) >= 11 is 0. The first-order valence-corrected chi connectivity index (χ1v) is 6.67. The Morgan fingerprint density at radius 3 is 2.76 bits per heavy atom. The van der Waals surface area contributed by atoms with Gasteiger partial charge in [0.1, 0.15) is 6.10 Å². The molecule has 3 aliphatic rings. The van der Waals surface area contributed by atoms with E-state index in [0.717, 1.165) is 24.3 Å². The molecule has 2 nitrogen and oxygen atoms in total. The van der Waals surface area contributed by atoms with Gasteiger partial charge in [0.05, 0.1) is 0 Å². The fraction of sp³-hybridized carbons (Fsp3) is 0.667. The Morgan fingerprint density at radius 2 is 2.00 bits per heavy atom. The van der Waals surface area contributed by atoms with Gasteiger partial charge in [0.15, 0.2) is 0 Å². The minimum atomic E-state index is -0.187. The summed E-state index contributed by atoms with van der Waals surface area (Å²) in [5.74, 6) is 2.06. The van der Waals surface area contributed by atoms with Crippen molar-refractivity contribution in [2.45, 2.75) is 38.7 Å². The molecule has 5 atom stereocenters. The van der Waals surface area contributed by atoms with E-state index < -0.39 is 0 Å². The first-order valence-electron chi connectivity index (χ1n) is 6.67. The van der Waals surface area contributed by atoms with E-state index in [1.807, 2.05) is 0 Å². The van der Waals surface area contributed by atoms with Crippen molar-refractivity contribution in [3.63, 3.8) is 0 Å². The van der Waals surface area contributed by atoms with Gasteiger partial charge in [0.2, 0.25) is 0 Å². The van der Waals surface area contributed by atoms with E-state index in [9.17, 15) is 4.79 Å². The topological polar surface area (TPSA) is 26.3 Å². The van der Waals surface area contributed by atoms with Crippen LogP contribution in [0.3, 0.4) is 0 Å². The molecule has 1 aliphatic heterocycles. The fourth-order valence-electron chi connectivity index (χ4n) is 4.12. The van der Waals surface area contributed by atoms with E-state index in [-0.39, 0.29) is 12.1 Å². The van der Waals surface area contributed by atoms with Gasteiger partial charge in [-0.1, -0.05) is 20.1 Å². The summed E-state index contributed by atoms with van der Waals surface area (Å²) in [4.78, 5) is 11.8. The first-order chi connectivity index (χ1) is 8.09. The van der Waals surface area contributed by atoms with Crippen LogP contribution in [-0.4, -0.2) is 12.1 Å². The smallest absolute Gasteiger partial charge is 0.334 e. The molecular formula is C15H20O2. The van der Waals surface area contributed by atoms with Gasteiger partial charge in [-0.3, -0.25) is 0 Å². The van der Waals surface area contributed by atoms with Crippen molar-refractivity contribution < 1.29 is 9.53 Å². The molecule has 0 aromatic rings. The van der Waals surface area contributed by atoms with Crippen molar-refractivity contribution in [2.24, 2.45) is 23.7 Å². The van der Waals surface area contributed by atoms with Crippen LogP contribution in [0.1, 0.15) is 32.6 Å². The maximum atomic E-state index is 11.8. The average Bonchev–Trinajstić information content (AvgIpc) is 2.31. The van der Waals surface area contributed by atoms with Crippen molar-refractivity contribution >= 4 is 5.97 Å². The highest BCUT2D eigenvalue weighted by Gasteiger charge is 2.51. The second-order valence-corrected chi connectivity index (χ2v) is 5.95. The number of carbonyl (C=O) groups excluding carboxylic acids is 1. The lowest BCUT2D eigenvalue weighted by atomic mass is 9.57. The molecule has 2 heteroatoms. The molecule has 0 amide bonds. The summed E-state index contributed by atoms with van der Waals surface area (Å²) in [7, 11) is 0. The van der Waals surface area contributed by atoms with Gasteiger partial charge in [-0.25, -0.2) is 4.79 Å². The van der Waals surface area contributed by atoms with Crippen LogP contribution in [0.4, 0.5) is 0 Å². The fourth-order valence-corrected chi connectivity index (χ4v) is 4.12. The third-order valence-electron chi connectivity index (χ3n) is 5.12. The predicted molar refractivity (Wildman–Crippen MR) is 66.3 cm³/mol. The van der Waals surface area contributed by atoms with Crippen LogP contribution in [0.15, 0.2) is 24.3 Å². The van der Waals surface area contributed by atoms with Crippen LogP contribution < -0.4 is 0 Å². The average molecular weight is 232 g/mol. The van der Waals surface area contributed by atoms with Crippen molar-refractivity contribution in [2.75, 3.05) is 0 Å². The number of hydrogen-bond donors (Lipinski definition) is 0. The quantitative estimate of drug-likeness (QED) is 0.364. The molecule has 0 aromatic carbocycles. The lowest BCUT2D eigenvalue weighted by molar-refractivity contribution is -0.159. The highest BCUT2D eigenvalue weighted by molar-refractivity contribution is 5.89. The molecule has 2 aliphatic carbocycles. The zero-order valence-electron chi connectivity index (χ0n) is 10.4. The van der Waals surface area contributed by atoms with Crippen LogP contribution in [0.25, 0.3) is 0 Å². The third-order valence-corrected chi connectivity index (χ3v) is 5.12. The summed E-state index contributed by atoms with van der Waals surface area (Å²) in [6, 6.07) is 0. The molecule has 3 rings (SSSR count). The number of rotatable bonds is 0. The maximum absolute atomic E-state index is 11.8. The van der Waals surface area contributed by atoms with Gasteiger partial charge in [-0.2, -0.15) is 0 Å². The lowest BCUT2D eigenvalue weighted by Gasteiger charge is -2.51. The van der Waals surface area contributed by atoms with Gasteiger partial charge in [-0.05, 0) is 49.0 Å². The van der Waals surface area contributed by atoms with E-state index in [1.165, 1.54) is 12.8 Å². The highest BCUT2D eigenvalue weighted by Crippen LogP contribution is 2.53. The Kier molecular flexibility index (Phi) is 2.42. The Morgan fingerprint density at radius 1 is 1.24 bits per heavy atom. The molecule has 17 heavy (non-hydrogen) atoms. The Balaban J connectivity index is 1.99. The molecule has 1 heterocycles. The normalized spacial score (nSPS) is 45.2. The van der Waals surface area contributed by atoms with E-state index >= 15 is 0 Å². The van der Waals surface area contributed by atoms with Crippen LogP contribution in [0, 0.1) is 23.7 Å². The van der Waals surface area contributed by atoms with Gasteiger partial charge in [0.25, 0.3) is 0 Å². The molecule has 1 saturated heterocycles. The summed E-state index contributed by atoms with van der Waals surface area (Å²) in [5, 5.41) is 0. The largest absolute Gasteiger partial charge is 0.454 e. The van der Waals surface area contributed by atoms with E-state index in [2.05, 4.69) is 20.1 Å². The summed E-state index contributed by atoms with van der Waals surface area (Å²) in [6.07, 6.45) is 4.52. The lowest BCUT2D eigenvalue weighted by Crippen LogP contribution is -2.51. The number of hydrogen-bond acceptors (Lipinski definition) is 2. The summed E-state index contributed by atoms with van der Waals surface area (Å²) in [6.45, 7) is 10.4. The van der Waals surface area contributed by atoms with Crippen LogP contribution in [0.2, 0.25) is 0 Å². The Labute approximate surface area is 103 Å². The predicted octanol–water partition coefficient (Wildman–Crippen LogP) is 3.10. The SMILES string of the molecule is C=C1C(=O)OC2C(=C)CCC3C(C)CCC1C23. The molecule has 0 spiro atoms. The molecule has 5 unspecified atom stereocenters. The third kappa shape index (κ3) is 1.50. The second-order valence-electron chi connectivity index (χ2n) is 5.95. The molecule has 0 N–H and O–H groups in total. The minimum absolute atomic E-state index is 0.0282. The van der Waals surface area contributed by atoms with Gasteiger partial charge < -0.3 is 4.74 Å². The second kappa shape index (κ2) is 3.72. The number of ether oxygens (including phenoxy) is 1. The highest BCUT2D eigenvalue weighted by atomic mass is 16.5. The van der Waals surface area contributed by atoms with E-state index in [0.29, 0.717) is 23.3 Å². The minimum Gasteiger partial charge on any atom is -0.454 e. The van der Waals surface area contributed by atoms with Crippen molar-refractivity contribution in [1.29, 1.82) is 0 Å². The number of carbonyl (C=O) groups is 1. The van der Waals surface area contributed by atoms with Gasteiger partial charge >= 0.3 is 5.97 Å². The van der Waals surface area contributed by atoms with Crippen molar-refractivity contribution in [3.8, 4) is 0 Å². The molecule has 0 radical (unpaired) electrons. The molecule has 92 valence electrons. The number of esters is 1. The molecule has 0 bridgehead atoms. The van der Waals surface area contributed by atoms with Crippen LogP contribution >= 0.6 is 0 Å². The molecule has 3 fully saturated rings. The van der Waals surface area contributed by atoms with Crippen molar-refractivity contribution in [3.05, 3.63) is 24.3 Å². The monoisotopic (exact) mass is 232 g/mol. The zero-order chi connectivity index (χ0) is 12.2. The van der Waals surface area contributed by atoms with Gasteiger partial charge in [0, 0.05) is 11.5 Å². The molecule has 2 saturated carbocycles. The van der Waals surface area contributed by atoms with E-state index in [1.54, 1.807) is 0 Å². The maximum Gasteiger partial charge on any atom is 0.334 e.